The van der Waals surface area contributed by atoms with Crippen LogP contribution < -0.4 is 18.9 Å². The minimum atomic E-state index is -1.16. The number of benzene rings is 2. The Labute approximate surface area is 207 Å². The Balaban J connectivity index is 1.43. The summed E-state index contributed by atoms with van der Waals surface area (Å²) in [6.45, 7) is 8.17. The number of nitrogens with zero attached hydrogens (tertiary/aromatic N) is 1. The van der Waals surface area contributed by atoms with Gasteiger partial charge in [-0.3, -0.25) is 4.98 Å². The lowest BCUT2D eigenvalue weighted by molar-refractivity contribution is -0.196. The number of hydrogen-bond donors (Lipinski definition) is 0. The van der Waals surface area contributed by atoms with Gasteiger partial charge in [-0.2, -0.15) is 0 Å². The van der Waals surface area contributed by atoms with Gasteiger partial charge in [0.1, 0.15) is 11.2 Å². The lowest BCUT2D eigenvalue weighted by Crippen LogP contribution is -2.83. The molecule has 0 aliphatic carbocycles. The Hall–Kier alpha value is -3.55. The number of fused-ring (bicyclic) bond motifs is 11. The summed E-state index contributed by atoms with van der Waals surface area (Å²) in [6, 6.07) is 17.4. The second-order valence-corrected chi connectivity index (χ2v) is 11.1. The largest absolute Gasteiger partial charge is 0.472 e. The van der Waals surface area contributed by atoms with E-state index in [2.05, 4.69) is 18.8 Å². The number of rotatable bonds is 0. The van der Waals surface area contributed by atoms with Crippen molar-refractivity contribution in [3.8, 4) is 23.0 Å². The topological polar surface area (TPSA) is 68.3 Å². The van der Waals surface area contributed by atoms with Gasteiger partial charge in [0.25, 0.3) is 0 Å². The third kappa shape index (κ3) is 1.51. The van der Waals surface area contributed by atoms with Gasteiger partial charge in [0.05, 0.1) is 0 Å². The predicted octanol–water partition coefficient (Wildman–Crippen LogP) is 4.75. The third-order valence-corrected chi connectivity index (χ3v) is 9.57. The highest BCUT2D eigenvalue weighted by atomic mass is 16.7. The van der Waals surface area contributed by atoms with Gasteiger partial charge in [-0.1, -0.05) is 24.3 Å². The summed E-state index contributed by atoms with van der Waals surface area (Å²) < 4.78 is 41.8. The van der Waals surface area contributed by atoms with Crippen LogP contribution in [0.3, 0.4) is 0 Å². The zero-order chi connectivity index (χ0) is 24.3. The van der Waals surface area contributed by atoms with E-state index in [9.17, 15) is 0 Å². The summed E-state index contributed by atoms with van der Waals surface area (Å²) in [5, 5.41) is 0. The standard InChI is InChI=1S/C29H23NO6/c1-24-16-13-14-30-15-17(16)25(2,35-24)29-27(4)23-22(31-18-9-5-6-10-19(18)32-23)26(3,36-27)28(24,29)33-20-11-7-8-12-21(20)34-29/h5-15H,1-4H3/t24-,25+,26-,27+,28+,29-/m1/s1. The van der Waals surface area contributed by atoms with Crippen LogP contribution in [0.5, 0.6) is 23.0 Å². The fourth-order valence-corrected chi connectivity index (χ4v) is 8.49. The second-order valence-electron chi connectivity index (χ2n) is 11.1. The van der Waals surface area contributed by atoms with Crippen LogP contribution in [-0.4, -0.2) is 27.4 Å². The van der Waals surface area contributed by atoms with E-state index in [1.165, 1.54) is 0 Å². The Morgan fingerprint density at radius 2 is 1.03 bits per heavy atom. The van der Waals surface area contributed by atoms with Gasteiger partial charge in [-0.15, -0.1) is 0 Å². The van der Waals surface area contributed by atoms with Crippen LogP contribution >= 0.6 is 0 Å². The molecule has 2 aromatic carbocycles. The van der Waals surface area contributed by atoms with Crippen molar-refractivity contribution in [3.05, 3.63) is 89.6 Å². The van der Waals surface area contributed by atoms with E-state index >= 15 is 0 Å². The Bertz CT molecular complexity index is 1490. The zero-order valence-corrected chi connectivity index (χ0v) is 20.2. The van der Waals surface area contributed by atoms with Gasteiger partial charge in [0, 0.05) is 18.0 Å². The molecule has 0 amide bonds. The molecule has 3 aromatic rings. The Kier molecular flexibility index (Phi) is 2.87. The molecular weight excluding hydrogens is 458 g/mol. The summed E-state index contributed by atoms with van der Waals surface area (Å²) in [5.41, 5.74) is -4.46. The molecule has 1 aromatic heterocycles. The van der Waals surface area contributed by atoms with Gasteiger partial charge >= 0.3 is 0 Å². The Morgan fingerprint density at radius 3 is 1.58 bits per heavy atom. The first-order valence-corrected chi connectivity index (χ1v) is 12.3. The van der Waals surface area contributed by atoms with Gasteiger partial charge in [0.15, 0.2) is 45.7 Å². The number of aromatic nitrogens is 1. The van der Waals surface area contributed by atoms with Crippen molar-refractivity contribution in [1.29, 1.82) is 0 Å². The average Bonchev–Trinajstić information content (AvgIpc) is 3.43. The quantitative estimate of drug-likeness (QED) is 0.459. The number of ether oxygens (including phenoxy) is 6. The molecule has 7 heteroatoms. The molecule has 0 N–H and O–H groups in total. The molecule has 6 atom stereocenters. The molecule has 0 unspecified atom stereocenters. The molecule has 6 aliphatic rings. The zero-order valence-electron chi connectivity index (χ0n) is 20.2. The summed E-state index contributed by atoms with van der Waals surface area (Å²) in [4.78, 5) is 4.47. The molecule has 2 saturated heterocycles. The normalized spacial score (nSPS) is 43.1. The van der Waals surface area contributed by atoms with E-state index in [4.69, 9.17) is 28.4 Å². The molecule has 9 rings (SSSR count). The molecule has 0 spiro atoms. The lowest BCUT2D eigenvalue weighted by Gasteiger charge is -2.61. The first-order valence-electron chi connectivity index (χ1n) is 12.3. The maximum atomic E-state index is 7.19. The molecular formula is C29H23NO6. The van der Waals surface area contributed by atoms with Crippen molar-refractivity contribution in [2.75, 3.05) is 0 Å². The predicted molar refractivity (Wildman–Crippen MR) is 126 cm³/mol. The van der Waals surface area contributed by atoms with Crippen LogP contribution in [0.4, 0.5) is 0 Å². The van der Waals surface area contributed by atoms with Crippen molar-refractivity contribution in [2.45, 2.75) is 61.3 Å². The maximum absolute atomic E-state index is 7.19. The lowest BCUT2D eigenvalue weighted by atomic mass is 9.48. The first kappa shape index (κ1) is 19.6. The summed E-state index contributed by atoms with van der Waals surface area (Å²) in [6.07, 6.45) is 3.68. The first-order chi connectivity index (χ1) is 17.3. The summed E-state index contributed by atoms with van der Waals surface area (Å²) in [5.74, 6) is 3.75. The van der Waals surface area contributed by atoms with E-state index in [1.807, 2.05) is 74.6 Å². The average molecular weight is 482 g/mol. The molecule has 0 radical (unpaired) electrons. The highest BCUT2D eigenvalue weighted by Crippen LogP contribution is 2.83. The van der Waals surface area contributed by atoms with Crippen LogP contribution in [0.15, 0.2) is 78.5 Å². The highest BCUT2D eigenvalue weighted by Gasteiger charge is 3.02. The van der Waals surface area contributed by atoms with Crippen molar-refractivity contribution in [2.24, 2.45) is 0 Å². The number of hydrogen-bond acceptors (Lipinski definition) is 7. The minimum absolute atomic E-state index is 0.591. The summed E-state index contributed by atoms with van der Waals surface area (Å²) in [7, 11) is 0. The van der Waals surface area contributed by atoms with Crippen molar-refractivity contribution < 1.29 is 28.4 Å². The molecule has 4 bridgehead atoms. The summed E-state index contributed by atoms with van der Waals surface area (Å²) >= 11 is 0. The van der Waals surface area contributed by atoms with Crippen LogP contribution in [0.1, 0.15) is 38.8 Å². The van der Waals surface area contributed by atoms with Gasteiger partial charge in [-0.05, 0) is 63.6 Å². The molecule has 2 fully saturated rings. The number of para-hydroxylation sites is 4. The maximum Gasteiger partial charge on any atom is 0.223 e. The molecule has 7 heterocycles. The van der Waals surface area contributed by atoms with Gasteiger partial charge < -0.3 is 28.4 Å². The fourth-order valence-electron chi connectivity index (χ4n) is 8.49. The van der Waals surface area contributed by atoms with Crippen LogP contribution in [0, 0.1) is 0 Å². The van der Waals surface area contributed by atoms with Crippen molar-refractivity contribution in [3.63, 3.8) is 0 Å². The van der Waals surface area contributed by atoms with Crippen molar-refractivity contribution in [1.82, 2.24) is 4.98 Å². The van der Waals surface area contributed by atoms with Crippen LogP contribution in [-0.2, 0) is 20.7 Å². The van der Waals surface area contributed by atoms with Crippen molar-refractivity contribution >= 4 is 0 Å². The second kappa shape index (κ2) is 5.26. The molecule has 36 heavy (non-hydrogen) atoms. The van der Waals surface area contributed by atoms with Crippen LogP contribution in [0.2, 0.25) is 0 Å². The Morgan fingerprint density at radius 1 is 0.556 bits per heavy atom. The highest BCUT2D eigenvalue weighted by molar-refractivity contribution is 5.67. The molecule has 7 nitrogen and oxygen atoms in total. The SMILES string of the molecule is C[C@]12O[C@](C)(C3=C1Oc1ccccc1O3)[C@]13Oc4ccccc4O[C@@]12[C@@]1(C)O[C@]3(C)c2ccncc21. The molecule has 180 valence electrons. The van der Waals surface area contributed by atoms with E-state index < -0.39 is 33.6 Å². The smallest absolute Gasteiger partial charge is 0.223 e. The van der Waals surface area contributed by atoms with E-state index in [1.54, 1.807) is 6.20 Å². The van der Waals surface area contributed by atoms with E-state index in [0.717, 1.165) is 11.1 Å². The van der Waals surface area contributed by atoms with Gasteiger partial charge in [0.2, 0.25) is 11.2 Å². The monoisotopic (exact) mass is 481 g/mol. The van der Waals surface area contributed by atoms with Gasteiger partial charge in [-0.25, -0.2) is 0 Å². The minimum Gasteiger partial charge on any atom is -0.472 e. The molecule has 6 aliphatic heterocycles. The molecule has 0 saturated carbocycles. The van der Waals surface area contributed by atoms with E-state index in [0.29, 0.717) is 34.5 Å². The van der Waals surface area contributed by atoms with E-state index in [-0.39, 0.29) is 0 Å². The number of pyridine rings is 1. The third-order valence-electron chi connectivity index (χ3n) is 9.57. The fraction of sp³-hybridized carbons (Fsp3) is 0.345. The van der Waals surface area contributed by atoms with Crippen LogP contribution in [0.25, 0.3) is 0 Å².